The van der Waals surface area contributed by atoms with Gasteiger partial charge in [-0.2, -0.15) is 0 Å². The van der Waals surface area contributed by atoms with Crippen LogP contribution in [0.25, 0.3) is 0 Å². The van der Waals surface area contributed by atoms with Gasteiger partial charge in [-0.15, -0.1) is 0 Å². The van der Waals surface area contributed by atoms with E-state index >= 15 is 0 Å². The summed E-state index contributed by atoms with van der Waals surface area (Å²) in [6.07, 6.45) is 3.90. The van der Waals surface area contributed by atoms with Gasteiger partial charge in [0, 0.05) is 34.6 Å². The molecule has 3 N–H and O–H groups in total. The van der Waals surface area contributed by atoms with Crippen LogP contribution in [0.3, 0.4) is 0 Å². The number of hydrogen-bond donors (Lipinski definition) is 3. The van der Waals surface area contributed by atoms with Crippen LogP contribution in [0.5, 0.6) is 0 Å². The standard InChI is InChI=1S/C31H57N5O6/c1-13-16-17-21(8)27(38)26(29(40)33-22(14-2)28(39)32-9)36(12)31(42)25(20(6)7)35(11)30(41)23(18-19(4)5)34(10)24(37)15-3/h13,16,19-23,25-27,38H,14-15,17-18H2,1-12H3,(H,32,39)(H,33,40)/b16-13+/t21-,22?,23+,25+,26+,27-/m1/s1. The van der Waals surface area contributed by atoms with E-state index in [9.17, 15) is 29.1 Å². The van der Waals surface area contributed by atoms with Gasteiger partial charge < -0.3 is 30.4 Å². The second-order valence-corrected chi connectivity index (χ2v) is 11.9. The topological polar surface area (TPSA) is 139 Å². The van der Waals surface area contributed by atoms with Crippen LogP contribution in [0.4, 0.5) is 0 Å². The lowest BCUT2D eigenvalue weighted by Crippen LogP contribution is -2.63. The van der Waals surface area contributed by atoms with Crippen LogP contribution >= 0.6 is 0 Å². The van der Waals surface area contributed by atoms with Crippen LogP contribution in [0.15, 0.2) is 12.2 Å². The Hall–Kier alpha value is -2.95. The molecule has 11 nitrogen and oxygen atoms in total. The first kappa shape index (κ1) is 39.0. The van der Waals surface area contributed by atoms with Gasteiger partial charge in [-0.1, -0.05) is 60.6 Å². The van der Waals surface area contributed by atoms with Crippen molar-refractivity contribution < 1.29 is 29.1 Å². The molecule has 11 heteroatoms. The molecule has 0 aliphatic carbocycles. The lowest BCUT2D eigenvalue weighted by atomic mass is 9.91. The minimum Gasteiger partial charge on any atom is -0.390 e. The molecule has 1 unspecified atom stereocenters. The maximum absolute atomic E-state index is 14.1. The highest BCUT2D eigenvalue weighted by atomic mass is 16.3. The van der Waals surface area contributed by atoms with Crippen LogP contribution < -0.4 is 10.6 Å². The molecule has 0 radical (unpaired) electrons. The molecule has 6 atom stereocenters. The number of allylic oxidation sites excluding steroid dienone is 2. The first-order chi connectivity index (χ1) is 19.5. The Balaban J connectivity index is 6.57. The lowest BCUT2D eigenvalue weighted by Gasteiger charge is -2.40. The number of nitrogens with one attached hydrogen (secondary N) is 2. The average molecular weight is 596 g/mol. The summed E-state index contributed by atoms with van der Waals surface area (Å²) in [5, 5.41) is 16.6. The van der Waals surface area contributed by atoms with E-state index in [1.165, 1.54) is 35.8 Å². The summed E-state index contributed by atoms with van der Waals surface area (Å²) in [5.74, 6) is -2.76. The van der Waals surface area contributed by atoms with Crippen molar-refractivity contribution in [3.8, 4) is 0 Å². The van der Waals surface area contributed by atoms with E-state index in [2.05, 4.69) is 10.6 Å². The van der Waals surface area contributed by atoms with Crippen molar-refractivity contribution in [3.05, 3.63) is 12.2 Å². The van der Waals surface area contributed by atoms with Crippen LogP contribution in [-0.2, 0) is 24.0 Å². The normalized spacial score (nSPS) is 15.9. The van der Waals surface area contributed by atoms with Crippen molar-refractivity contribution in [2.45, 2.75) is 111 Å². The number of rotatable bonds is 17. The second-order valence-electron chi connectivity index (χ2n) is 11.9. The predicted octanol–water partition coefficient (Wildman–Crippen LogP) is 2.18. The summed E-state index contributed by atoms with van der Waals surface area (Å²) in [6.45, 7) is 14.7. The Morgan fingerprint density at radius 3 is 1.81 bits per heavy atom. The molecule has 0 aromatic rings. The molecular formula is C31H57N5O6. The zero-order chi connectivity index (χ0) is 32.9. The molecule has 0 aromatic heterocycles. The molecule has 0 aliphatic heterocycles. The zero-order valence-electron chi connectivity index (χ0n) is 27.9. The smallest absolute Gasteiger partial charge is 0.246 e. The molecule has 242 valence electrons. The zero-order valence-corrected chi connectivity index (χ0v) is 27.9. The SMILES string of the molecule is C/C=C/C[C@@H](C)[C@@H](O)[C@@H](C(=O)NC(CC)C(=O)NC)N(C)C(=O)[C@H](C(C)C)N(C)C(=O)[C@H](CC(C)C)N(C)C(=O)CC. The minimum absolute atomic E-state index is 0.115. The average Bonchev–Trinajstić information content (AvgIpc) is 2.95. The summed E-state index contributed by atoms with van der Waals surface area (Å²) >= 11 is 0. The van der Waals surface area contributed by atoms with Crippen LogP contribution in [-0.4, -0.2) is 108 Å². The third-order valence-electron chi connectivity index (χ3n) is 7.76. The Morgan fingerprint density at radius 2 is 1.38 bits per heavy atom. The van der Waals surface area contributed by atoms with E-state index in [-0.39, 0.29) is 36.0 Å². The monoisotopic (exact) mass is 595 g/mol. The van der Waals surface area contributed by atoms with Crippen molar-refractivity contribution in [3.63, 3.8) is 0 Å². The molecule has 0 heterocycles. The first-order valence-corrected chi connectivity index (χ1v) is 15.1. The summed E-state index contributed by atoms with van der Waals surface area (Å²) in [5.41, 5.74) is 0. The van der Waals surface area contributed by atoms with E-state index in [4.69, 9.17) is 0 Å². The highest BCUT2D eigenvalue weighted by molar-refractivity contribution is 5.95. The maximum atomic E-state index is 14.1. The molecule has 0 aromatic carbocycles. The Bertz CT molecular complexity index is 937. The van der Waals surface area contributed by atoms with E-state index in [1.807, 2.05) is 32.9 Å². The number of nitrogens with zero attached hydrogens (tertiary/aromatic N) is 3. The highest BCUT2D eigenvalue weighted by Gasteiger charge is 2.43. The van der Waals surface area contributed by atoms with Gasteiger partial charge in [0.15, 0.2) is 0 Å². The van der Waals surface area contributed by atoms with Gasteiger partial charge in [0.2, 0.25) is 29.5 Å². The van der Waals surface area contributed by atoms with Crippen molar-refractivity contribution in [2.24, 2.45) is 17.8 Å². The summed E-state index contributed by atoms with van der Waals surface area (Å²) in [6, 6.07) is -3.90. The summed E-state index contributed by atoms with van der Waals surface area (Å²) in [7, 11) is 6.04. The lowest BCUT2D eigenvalue weighted by molar-refractivity contribution is -0.156. The van der Waals surface area contributed by atoms with Gasteiger partial charge in [-0.05, 0) is 43.9 Å². The minimum atomic E-state index is -1.32. The third kappa shape index (κ3) is 10.7. The van der Waals surface area contributed by atoms with Gasteiger partial charge in [0.25, 0.3) is 0 Å². The number of amides is 5. The van der Waals surface area contributed by atoms with Gasteiger partial charge in [0.05, 0.1) is 6.10 Å². The molecule has 0 saturated heterocycles. The van der Waals surface area contributed by atoms with E-state index < -0.39 is 48.0 Å². The highest BCUT2D eigenvalue weighted by Crippen LogP contribution is 2.23. The van der Waals surface area contributed by atoms with Gasteiger partial charge in [-0.3, -0.25) is 24.0 Å². The summed E-state index contributed by atoms with van der Waals surface area (Å²) < 4.78 is 0. The van der Waals surface area contributed by atoms with Gasteiger partial charge in [0.1, 0.15) is 24.2 Å². The molecule has 0 spiro atoms. The van der Waals surface area contributed by atoms with Crippen molar-refractivity contribution >= 4 is 29.5 Å². The second kappa shape index (κ2) is 18.6. The fourth-order valence-corrected chi connectivity index (χ4v) is 5.06. The molecule has 0 fully saturated rings. The summed E-state index contributed by atoms with van der Waals surface area (Å²) in [4.78, 5) is 70.5. The van der Waals surface area contributed by atoms with Crippen LogP contribution in [0.1, 0.15) is 81.1 Å². The Kier molecular flexibility index (Phi) is 17.3. The molecule has 5 amide bonds. The maximum Gasteiger partial charge on any atom is 0.246 e. The van der Waals surface area contributed by atoms with Crippen LogP contribution in [0.2, 0.25) is 0 Å². The fraction of sp³-hybridized carbons (Fsp3) is 0.774. The van der Waals surface area contributed by atoms with Gasteiger partial charge >= 0.3 is 0 Å². The van der Waals surface area contributed by atoms with Crippen molar-refractivity contribution in [1.82, 2.24) is 25.3 Å². The molecule has 0 rings (SSSR count). The third-order valence-corrected chi connectivity index (χ3v) is 7.76. The van der Waals surface area contributed by atoms with Crippen molar-refractivity contribution in [2.75, 3.05) is 28.2 Å². The fourth-order valence-electron chi connectivity index (χ4n) is 5.06. The molecule has 0 aliphatic rings. The van der Waals surface area contributed by atoms with Crippen LogP contribution in [0, 0.1) is 17.8 Å². The molecule has 0 bridgehead atoms. The number of aliphatic hydroxyl groups excluding tert-OH is 1. The largest absolute Gasteiger partial charge is 0.390 e. The Labute approximate surface area is 253 Å². The number of likely N-dealkylation sites (N-methyl/N-ethyl adjacent to an activating group) is 4. The molecular weight excluding hydrogens is 538 g/mol. The quantitative estimate of drug-likeness (QED) is 0.220. The van der Waals surface area contributed by atoms with E-state index in [1.54, 1.807) is 41.7 Å². The van der Waals surface area contributed by atoms with E-state index in [0.717, 1.165) is 0 Å². The molecule has 0 saturated carbocycles. The number of carbonyl (C=O) groups excluding carboxylic acids is 5. The Morgan fingerprint density at radius 1 is 0.833 bits per heavy atom. The number of carbonyl (C=O) groups is 5. The first-order valence-electron chi connectivity index (χ1n) is 15.1. The predicted molar refractivity (Wildman–Crippen MR) is 165 cm³/mol. The van der Waals surface area contributed by atoms with Crippen molar-refractivity contribution in [1.29, 1.82) is 0 Å². The molecule has 42 heavy (non-hydrogen) atoms. The number of aliphatic hydroxyl groups is 1. The van der Waals surface area contributed by atoms with E-state index in [0.29, 0.717) is 19.3 Å². The van der Waals surface area contributed by atoms with Gasteiger partial charge in [-0.25, -0.2) is 0 Å². The number of hydrogen-bond acceptors (Lipinski definition) is 6.